The van der Waals surface area contributed by atoms with Gasteiger partial charge in [0, 0.05) is 17.5 Å². The Hall–Kier alpha value is -1.00. The van der Waals surface area contributed by atoms with Crippen molar-refractivity contribution in [1.82, 2.24) is 0 Å². The Labute approximate surface area is 119 Å². The van der Waals surface area contributed by atoms with Crippen molar-refractivity contribution in [1.29, 1.82) is 0 Å². The Bertz CT molecular complexity index is 432. The van der Waals surface area contributed by atoms with Crippen LogP contribution in [0.2, 0.25) is 0 Å². The molecular formula is C15H21NO2S. The molecule has 0 bridgehead atoms. The first-order valence-corrected chi connectivity index (χ1v) is 7.70. The standard InChI is InChI=1S/C15H21NO2S/c1-11-5-7-13(8-6-11)16-9-3-4-14(15(16)18)19-12(2)10-17/h5-8,12,14,17H,3-4,9-10H2,1-2H3/t12-,14-/m0/s1. The molecule has 104 valence electrons. The first-order chi connectivity index (χ1) is 9.11. The lowest BCUT2D eigenvalue weighted by molar-refractivity contribution is -0.119. The smallest absolute Gasteiger partial charge is 0.240 e. The van der Waals surface area contributed by atoms with Crippen molar-refractivity contribution in [3.8, 4) is 0 Å². The molecule has 1 fully saturated rings. The quantitative estimate of drug-likeness (QED) is 0.921. The fourth-order valence-corrected chi connectivity index (χ4v) is 3.47. The average molecular weight is 279 g/mol. The second kappa shape index (κ2) is 6.44. The minimum atomic E-state index is -0.0165. The van der Waals surface area contributed by atoms with Gasteiger partial charge in [0.1, 0.15) is 0 Å². The van der Waals surface area contributed by atoms with Gasteiger partial charge in [0.15, 0.2) is 0 Å². The zero-order valence-electron chi connectivity index (χ0n) is 11.5. The van der Waals surface area contributed by atoms with Gasteiger partial charge < -0.3 is 10.0 Å². The molecule has 0 aromatic heterocycles. The van der Waals surface area contributed by atoms with Crippen LogP contribution in [0.5, 0.6) is 0 Å². The van der Waals surface area contributed by atoms with Crippen LogP contribution >= 0.6 is 11.8 Å². The van der Waals surface area contributed by atoms with Crippen LogP contribution in [0.25, 0.3) is 0 Å². The lowest BCUT2D eigenvalue weighted by atomic mass is 10.1. The van der Waals surface area contributed by atoms with Gasteiger partial charge in [0.25, 0.3) is 0 Å². The molecule has 4 heteroatoms. The lowest BCUT2D eigenvalue weighted by Gasteiger charge is -2.33. The number of aliphatic hydroxyl groups excluding tert-OH is 1. The fourth-order valence-electron chi connectivity index (χ4n) is 2.27. The summed E-state index contributed by atoms with van der Waals surface area (Å²) in [6.45, 7) is 4.93. The maximum atomic E-state index is 12.5. The molecule has 1 heterocycles. The number of rotatable bonds is 4. The van der Waals surface area contributed by atoms with Gasteiger partial charge in [-0.15, -0.1) is 11.8 Å². The van der Waals surface area contributed by atoms with Crippen molar-refractivity contribution < 1.29 is 9.90 Å². The predicted octanol–water partition coefficient (Wildman–Crippen LogP) is 2.60. The van der Waals surface area contributed by atoms with E-state index in [4.69, 9.17) is 5.11 Å². The van der Waals surface area contributed by atoms with Crippen molar-refractivity contribution in [2.75, 3.05) is 18.1 Å². The third kappa shape index (κ3) is 3.51. The number of nitrogens with zero attached hydrogens (tertiary/aromatic N) is 1. The number of carbonyl (C=O) groups excluding carboxylic acids is 1. The van der Waals surface area contributed by atoms with Crippen LogP contribution in [0.15, 0.2) is 24.3 Å². The van der Waals surface area contributed by atoms with Crippen LogP contribution in [0.4, 0.5) is 5.69 Å². The van der Waals surface area contributed by atoms with Crippen LogP contribution in [0, 0.1) is 6.92 Å². The lowest BCUT2D eigenvalue weighted by Crippen LogP contribution is -2.43. The largest absolute Gasteiger partial charge is 0.395 e. The molecule has 1 saturated heterocycles. The third-order valence-electron chi connectivity index (χ3n) is 3.39. The van der Waals surface area contributed by atoms with Crippen molar-refractivity contribution in [3.05, 3.63) is 29.8 Å². The molecule has 1 N–H and O–H groups in total. The summed E-state index contributed by atoms with van der Waals surface area (Å²) in [6, 6.07) is 8.09. The highest BCUT2D eigenvalue weighted by atomic mass is 32.2. The molecule has 1 aromatic carbocycles. The molecule has 0 aliphatic carbocycles. The number of thioether (sulfide) groups is 1. The highest BCUT2D eigenvalue weighted by Crippen LogP contribution is 2.30. The van der Waals surface area contributed by atoms with Gasteiger partial charge in [-0.3, -0.25) is 4.79 Å². The molecule has 1 aliphatic rings. The highest BCUT2D eigenvalue weighted by molar-refractivity contribution is 8.01. The Kier molecular flexibility index (Phi) is 4.88. The third-order valence-corrected chi connectivity index (χ3v) is 4.77. The zero-order valence-corrected chi connectivity index (χ0v) is 12.3. The maximum Gasteiger partial charge on any atom is 0.240 e. The number of carbonyl (C=O) groups is 1. The minimum Gasteiger partial charge on any atom is -0.395 e. The Morgan fingerprint density at radius 1 is 1.42 bits per heavy atom. The molecular weight excluding hydrogens is 258 g/mol. The summed E-state index contributed by atoms with van der Waals surface area (Å²) in [6.07, 6.45) is 1.94. The van der Waals surface area contributed by atoms with E-state index < -0.39 is 0 Å². The SMILES string of the molecule is Cc1ccc(N2CCC[C@H](S[C@@H](C)CO)C2=O)cc1. The first kappa shape index (κ1) is 14.4. The number of amides is 1. The normalized spacial score (nSPS) is 21.5. The van der Waals surface area contributed by atoms with Crippen LogP contribution in [-0.2, 0) is 4.79 Å². The van der Waals surface area contributed by atoms with E-state index in [1.165, 1.54) is 5.56 Å². The van der Waals surface area contributed by atoms with E-state index in [0.29, 0.717) is 0 Å². The molecule has 19 heavy (non-hydrogen) atoms. The summed E-state index contributed by atoms with van der Waals surface area (Å²) in [7, 11) is 0. The Morgan fingerprint density at radius 2 is 2.11 bits per heavy atom. The van der Waals surface area contributed by atoms with E-state index in [9.17, 15) is 4.79 Å². The zero-order chi connectivity index (χ0) is 13.8. The number of aliphatic hydroxyl groups is 1. The number of benzene rings is 1. The molecule has 0 unspecified atom stereocenters. The molecule has 2 atom stereocenters. The van der Waals surface area contributed by atoms with Crippen LogP contribution in [0.3, 0.4) is 0 Å². The van der Waals surface area contributed by atoms with Gasteiger partial charge in [-0.05, 0) is 31.9 Å². The monoisotopic (exact) mass is 279 g/mol. The maximum absolute atomic E-state index is 12.5. The summed E-state index contributed by atoms with van der Waals surface area (Å²) in [5.41, 5.74) is 2.19. The van der Waals surface area contributed by atoms with Crippen LogP contribution in [0.1, 0.15) is 25.3 Å². The van der Waals surface area contributed by atoms with E-state index in [-0.39, 0.29) is 23.0 Å². The van der Waals surface area contributed by atoms with E-state index >= 15 is 0 Å². The molecule has 1 aliphatic heterocycles. The van der Waals surface area contributed by atoms with E-state index in [1.807, 2.05) is 43.0 Å². The Balaban J connectivity index is 2.09. The minimum absolute atomic E-state index is 0.0165. The summed E-state index contributed by atoms with van der Waals surface area (Å²) < 4.78 is 0. The topological polar surface area (TPSA) is 40.5 Å². The predicted molar refractivity (Wildman–Crippen MR) is 80.7 cm³/mol. The average Bonchev–Trinajstić information content (AvgIpc) is 2.42. The molecule has 0 saturated carbocycles. The van der Waals surface area contributed by atoms with E-state index in [0.717, 1.165) is 25.1 Å². The molecule has 2 rings (SSSR count). The van der Waals surface area contributed by atoms with Crippen molar-refractivity contribution in [2.24, 2.45) is 0 Å². The summed E-state index contributed by atoms with van der Waals surface area (Å²) in [4.78, 5) is 14.4. The number of anilines is 1. The van der Waals surface area contributed by atoms with Crippen molar-refractivity contribution in [3.63, 3.8) is 0 Å². The molecule has 0 spiro atoms. The van der Waals surface area contributed by atoms with E-state index in [1.54, 1.807) is 11.8 Å². The number of aryl methyl sites for hydroxylation is 1. The second-order valence-corrected chi connectivity index (χ2v) is 6.73. The molecule has 0 radical (unpaired) electrons. The molecule has 1 amide bonds. The van der Waals surface area contributed by atoms with Gasteiger partial charge in [-0.1, -0.05) is 24.6 Å². The van der Waals surface area contributed by atoms with Crippen LogP contribution < -0.4 is 4.90 Å². The van der Waals surface area contributed by atoms with Gasteiger partial charge in [0.2, 0.25) is 5.91 Å². The van der Waals surface area contributed by atoms with E-state index in [2.05, 4.69) is 0 Å². The number of piperidine rings is 1. The second-order valence-electron chi connectivity index (χ2n) is 5.09. The van der Waals surface area contributed by atoms with Crippen molar-refractivity contribution in [2.45, 2.75) is 37.2 Å². The summed E-state index contributed by atoms with van der Waals surface area (Å²) in [5, 5.41) is 9.22. The highest BCUT2D eigenvalue weighted by Gasteiger charge is 2.30. The summed E-state index contributed by atoms with van der Waals surface area (Å²) >= 11 is 1.59. The van der Waals surface area contributed by atoms with Gasteiger partial charge in [-0.25, -0.2) is 0 Å². The van der Waals surface area contributed by atoms with Crippen molar-refractivity contribution >= 4 is 23.4 Å². The molecule has 1 aromatic rings. The van der Waals surface area contributed by atoms with Gasteiger partial charge in [0.05, 0.1) is 11.9 Å². The molecule has 3 nitrogen and oxygen atoms in total. The van der Waals surface area contributed by atoms with Gasteiger partial charge >= 0.3 is 0 Å². The first-order valence-electron chi connectivity index (χ1n) is 6.76. The summed E-state index contributed by atoms with van der Waals surface area (Å²) in [5.74, 6) is 0.181. The van der Waals surface area contributed by atoms with Crippen LogP contribution in [-0.4, -0.2) is 34.7 Å². The van der Waals surface area contributed by atoms with Gasteiger partial charge in [-0.2, -0.15) is 0 Å². The number of hydrogen-bond donors (Lipinski definition) is 1. The fraction of sp³-hybridized carbons (Fsp3) is 0.533. The Morgan fingerprint density at radius 3 is 2.74 bits per heavy atom. The number of hydrogen-bond acceptors (Lipinski definition) is 3.